The number of nitrogen functional groups attached to an aromatic ring is 1. The molecule has 0 aliphatic heterocycles. The SMILES string of the molecule is CC1CCC(CNc2cnc(N)cn2)C1. The Morgan fingerprint density at radius 1 is 1.40 bits per heavy atom. The Hall–Kier alpha value is -1.32. The number of nitrogens with two attached hydrogens (primary N) is 1. The van der Waals surface area contributed by atoms with E-state index in [-0.39, 0.29) is 0 Å². The molecular formula is C11H18N4. The van der Waals surface area contributed by atoms with Crippen molar-refractivity contribution in [3.63, 3.8) is 0 Å². The molecule has 1 aromatic rings. The summed E-state index contributed by atoms with van der Waals surface area (Å²) in [5.41, 5.74) is 5.46. The molecule has 4 nitrogen and oxygen atoms in total. The van der Waals surface area contributed by atoms with Crippen molar-refractivity contribution >= 4 is 11.6 Å². The van der Waals surface area contributed by atoms with Gasteiger partial charge in [-0.15, -0.1) is 0 Å². The third-order valence-corrected chi connectivity index (χ3v) is 3.05. The molecule has 4 heteroatoms. The Morgan fingerprint density at radius 2 is 2.27 bits per heavy atom. The van der Waals surface area contributed by atoms with Gasteiger partial charge in [0.2, 0.25) is 0 Å². The van der Waals surface area contributed by atoms with Gasteiger partial charge in [-0.05, 0) is 24.7 Å². The number of aromatic nitrogens is 2. The number of rotatable bonds is 3. The molecule has 0 aromatic carbocycles. The van der Waals surface area contributed by atoms with E-state index in [2.05, 4.69) is 22.2 Å². The van der Waals surface area contributed by atoms with Crippen LogP contribution in [0.15, 0.2) is 12.4 Å². The van der Waals surface area contributed by atoms with Crippen LogP contribution in [0.2, 0.25) is 0 Å². The summed E-state index contributed by atoms with van der Waals surface area (Å²) in [4.78, 5) is 8.15. The molecule has 15 heavy (non-hydrogen) atoms. The molecule has 1 heterocycles. The van der Waals surface area contributed by atoms with Gasteiger partial charge in [-0.1, -0.05) is 13.3 Å². The first-order valence-electron chi connectivity index (χ1n) is 5.55. The maximum atomic E-state index is 5.46. The summed E-state index contributed by atoms with van der Waals surface area (Å²) in [5, 5.41) is 3.31. The second-order valence-electron chi connectivity index (χ2n) is 4.49. The molecule has 2 rings (SSSR count). The maximum Gasteiger partial charge on any atom is 0.144 e. The van der Waals surface area contributed by atoms with E-state index in [1.165, 1.54) is 19.3 Å². The van der Waals surface area contributed by atoms with Crippen molar-refractivity contribution < 1.29 is 0 Å². The Morgan fingerprint density at radius 3 is 2.87 bits per heavy atom. The molecule has 1 fully saturated rings. The molecule has 1 aromatic heterocycles. The fourth-order valence-electron chi connectivity index (χ4n) is 2.19. The van der Waals surface area contributed by atoms with Crippen LogP contribution in [-0.2, 0) is 0 Å². The van der Waals surface area contributed by atoms with Gasteiger partial charge < -0.3 is 11.1 Å². The molecule has 1 saturated carbocycles. The summed E-state index contributed by atoms with van der Waals surface area (Å²) >= 11 is 0. The van der Waals surface area contributed by atoms with Crippen LogP contribution >= 0.6 is 0 Å². The molecule has 3 N–H and O–H groups in total. The summed E-state index contributed by atoms with van der Waals surface area (Å²) in [6.45, 7) is 3.33. The van der Waals surface area contributed by atoms with Gasteiger partial charge in [0.25, 0.3) is 0 Å². The fourth-order valence-corrected chi connectivity index (χ4v) is 2.19. The van der Waals surface area contributed by atoms with Crippen LogP contribution in [0.5, 0.6) is 0 Å². The number of anilines is 2. The van der Waals surface area contributed by atoms with E-state index in [0.29, 0.717) is 5.82 Å². The number of nitrogens with one attached hydrogen (secondary N) is 1. The third kappa shape index (κ3) is 2.81. The quantitative estimate of drug-likeness (QED) is 0.793. The molecule has 2 unspecified atom stereocenters. The zero-order chi connectivity index (χ0) is 10.7. The molecule has 1 aliphatic rings. The van der Waals surface area contributed by atoms with Crippen molar-refractivity contribution in [1.82, 2.24) is 9.97 Å². The largest absolute Gasteiger partial charge is 0.382 e. The molecule has 2 atom stereocenters. The lowest BCUT2D eigenvalue weighted by atomic mass is 10.1. The van der Waals surface area contributed by atoms with Gasteiger partial charge in [-0.2, -0.15) is 0 Å². The Kier molecular flexibility index (Phi) is 3.04. The van der Waals surface area contributed by atoms with Gasteiger partial charge in [0.05, 0.1) is 12.4 Å². The van der Waals surface area contributed by atoms with Crippen LogP contribution in [0.25, 0.3) is 0 Å². The normalized spacial score (nSPS) is 25.4. The van der Waals surface area contributed by atoms with Crippen molar-refractivity contribution in [1.29, 1.82) is 0 Å². The Bertz CT molecular complexity index is 309. The van der Waals surface area contributed by atoms with Gasteiger partial charge in [-0.3, -0.25) is 0 Å². The average Bonchev–Trinajstić information content (AvgIpc) is 2.64. The summed E-state index contributed by atoms with van der Waals surface area (Å²) in [6, 6.07) is 0. The van der Waals surface area contributed by atoms with Gasteiger partial charge in [0, 0.05) is 6.54 Å². The minimum absolute atomic E-state index is 0.468. The molecule has 0 saturated heterocycles. The van der Waals surface area contributed by atoms with Crippen LogP contribution in [0, 0.1) is 11.8 Å². The Labute approximate surface area is 90.3 Å². The van der Waals surface area contributed by atoms with Gasteiger partial charge >= 0.3 is 0 Å². The van der Waals surface area contributed by atoms with Crippen LogP contribution in [-0.4, -0.2) is 16.5 Å². The van der Waals surface area contributed by atoms with Gasteiger partial charge in [-0.25, -0.2) is 9.97 Å². The van der Waals surface area contributed by atoms with Crippen LogP contribution in [0.1, 0.15) is 26.2 Å². The standard InChI is InChI=1S/C11H18N4/c1-8-2-3-9(4-8)5-14-11-7-13-10(12)6-15-11/h6-9H,2-5H2,1H3,(H2,12,13)(H,14,15). The van der Waals surface area contributed by atoms with Crippen molar-refractivity contribution in [2.24, 2.45) is 11.8 Å². The molecule has 0 amide bonds. The lowest BCUT2D eigenvalue weighted by Gasteiger charge is -2.11. The highest BCUT2D eigenvalue weighted by Crippen LogP contribution is 2.30. The van der Waals surface area contributed by atoms with E-state index in [1.807, 2.05) is 0 Å². The van der Waals surface area contributed by atoms with E-state index in [4.69, 9.17) is 5.73 Å². The molecule has 1 aliphatic carbocycles. The zero-order valence-electron chi connectivity index (χ0n) is 9.11. The molecular weight excluding hydrogens is 188 g/mol. The molecule has 82 valence electrons. The summed E-state index contributed by atoms with van der Waals surface area (Å²) in [6.07, 6.45) is 7.29. The highest BCUT2D eigenvalue weighted by atomic mass is 15.0. The molecule has 0 radical (unpaired) electrons. The van der Waals surface area contributed by atoms with Crippen molar-refractivity contribution in [3.8, 4) is 0 Å². The first-order valence-corrected chi connectivity index (χ1v) is 5.55. The van der Waals surface area contributed by atoms with E-state index >= 15 is 0 Å². The highest BCUT2D eigenvalue weighted by Gasteiger charge is 2.20. The topological polar surface area (TPSA) is 63.8 Å². The van der Waals surface area contributed by atoms with E-state index in [9.17, 15) is 0 Å². The lowest BCUT2D eigenvalue weighted by molar-refractivity contribution is 0.536. The number of nitrogens with zero attached hydrogens (tertiary/aromatic N) is 2. The number of hydrogen-bond donors (Lipinski definition) is 2. The first kappa shape index (κ1) is 10.2. The van der Waals surface area contributed by atoms with Crippen LogP contribution in [0.4, 0.5) is 11.6 Å². The minimum atomic E-state index is 0.468. The first-order chi connectivity index (χ1) is 7.24. The average molecular weight is 206 g/mol. The summed E-state index contributed by atoms with van der Waals surface area (Å²) < 4.78 is 0. The lowest BCUT2D eigenvalue weighted by Crippen LogP contribution is -2.12. The fraction of sp³-hybridized carbons (Fsp3) is 0.636. The van der Waals surface area contributed by atoms with Crippen molar-refractivity contribution in [2.45, 2.75) is 26.2 Å². The van der Waals surface area contributed by atoms with Gasteiger partial charge in [0.15, 0.2) is 0 Å². The predicted molar refractivity (Wildman–Crippen MR) is 61.4 cm³/mol. The van der Waals surface area contributed by atoms with E-state index in [0.717, 1.165) is 24.2 Å². The van der Waals surface area contributed by atoms with Crippen molar-refractivity contribution in [2.75, 3.05) is 17.6 Å². The minimum Gasteiger partial charge on any atom is -0.382 e. The van der Waals surface area contributed by atoms with Crippen molar-refractivity contribution in [3.05, 3.63) is 12.4 Å². The van der Waals surface area contributed by atoms with E-state index in [1.54, 1.807) is 12.4 Å². The smallest absolute Gasteiger partial charge is 0.144 e. The van der Waals surface area contributed by atoms with Crippen LogP contribution in [0.3, 0.4) is 0 Å². The monoisotopic (exact) mass is 206 g/mol. The number of hydrogen-bond acceptors (Lipinski definition) is 4. The maximum absolute atomic E-state index is 5.46. The van der Waals surface area contributed by atoms with E-state index < -0.39 is 0 Å². The van der Waals surface area contributed by atoms with Gasteiger partial charge in [0.1, 0.15) is 11.6 Å². The van der Waals surface area contributed by atoms with Crippen LogP contribution < -0.4 is 11.1 Å². The second-order valence-corrected chi connectivity index (χ2v) is 4.49. The zero-order valence-corrected chi connectivity index (χ0v) is 9.11. The molecule has 0 bridgehead atoms. The second kappa shape index (κ2) is 4.47. The third-order valence-electron chi connectivity index (χ3n) is 3.05. The predicted octanol–water partition coefficient (Wildman–Crippen LogP) is 1.91. The Balaban J connectivity index is 1.80. The summed E-state index contributed by atoms with van der Waals surface area (Å²) in [7, 11) is 0. The molecule has 0 spiro atoms. The summed E-state index contributed by atoms with van der Waals surface area (Å²) in [5.74, 6) is 2.97. The highest BCUT2D eigenvalue weighted by molar-refractivity contribution is 5.35.